The van der Waals surface area contributed by atoms with Gasteiger partial charge >= 0.3 is 5.97 Å². The molecule has 0 atom stereocenters. The highest BCUT2D eigenvalue weighted by Crippen LogP contribution is 2.33. The Morgan fingerprint density at radius 1 is 1.17 bits per heavy atom. The predicted molar refractivity (Wildman–Crippen MR) is 82.1 cm³/mol. The molecule has 1 aliphatic rings. The summed E-state index contributed by atoms with van der Waals surface area (Å²) < 4.78 is 15.9. The Morgan fingerprint density at radius 2 is 1.96 bits per heavy atom. The standard InChI is InChI=1S/C15H10BrNO6/c16-13-4-3-11(23-13)14(18)17-9(15(19)20)5-8-1-2-10-12(6-8)22-7-21-10/h1-6H,7H2,(H,17,18)(H,19,20)/b9-5+. The summed E-state index contributed by atoms with van der Waals surface area (Å²) in [5.41, 5.74) is 0.258. The quantitative estimate of drug-likeness (QED) is 0.792. The number of hydrogen-bond acceptors (Lipinski definition) is 5. The van der Waals surface area contributed by atoms with Gasteiger partial charge in [0.15, 0.2) is 21.9 Å². The van der Waals surface area contributed by atoms with Gasteiger partial charge in [0.2, 0.25) is 6.79 Å². The van der Waals surface area contributed by atoms with Gasteiger partial charge in [0, 0.05) is 0 Å². The van der Waals surface area contributed by atoms with Gasteiger partial charge in [0.05, 0.1) is 0 Å². The molecule has 1 aromatic heterocycles. The van der Waals surface area contributed by atoms with Gasteiger partial charge in [-0.3, -0.25) is 4.79 Å². The smallest absolute Gasteiger partial charge is 0.352 e. The molecule has 0 fully saturated rings. The van der Waals surface area contributed by atoms with Crippen LogP contribution < -0.4 is 14.8 Å². The van der Waals surface area contributed by atoms with E-state index in [1.54, 1.807) is 18.2 Å². The highest BCUT2D eigenvalue weighted by atomic mass is 79.9. The van der Waals surface area contributed by atoms with Crippen molar-refractivity contribution in [1.82, 2.24) is 5.32 Å². The molecule has 8 heteroatoms. The number of halogens is 1. The topological polar surface area (TPSA) is 98.0 Å². The first-order chi connectivity index (χ1) is 11.0. The van der Waals surface area contributed by atoms with E-state index >= 15 is 0 Å². The van der Waals surface area contributed by atoms with Crippen molar-refractivity contribution in [3.05, 3.63) is 52.0 Å². The molecule has 0 saturated heterocycles. The zero-order chi connectivity index (χ0) is 16.4. The molecule has 2 aromatic rings. The molecule has 0 spiro atoms. The van der Waals surface area contributed by atoms with E-state index in [1.807, 2.05) is 0 Å². The molecule has 2 heterocycles. The van der Waals surface area contributed by atoms with E-state index in [0.29, 0.717) is 21.7 Å². The molecule has 1 aliphatic heterocycles. The number of nitrogens with one attached hydrogen (secondary N) is 1. The minimum atomic E-state index is -1.28. The molecule has 2 N–H and O–H groups in total. The summed E-state index contributed by atoms with van der Waals surface area (Å²) >= 11 is 3.07. The molecule has 0 bridgehead atoms. The van der Waals surface area contributed by atoms with Gasteiger partial charge in [-0.25, -0.2) is 4.79 Å². The number of carboxylic acids is 1. The van der Waals surface area contributed by atoms with Crippen molar-refractivity contribution in [1.29, 1.82) is 0 Å². The maximum atomic E-state index is 12.0. The number of carbonyl (C=O) groups excluding carboxylic acids is 1. The Labute approximate surface area is 138 Å². The molecule has 3 rings (SSSR count). The first-order valence-corrected chi connectivity index (χ1v) is 7.23. The molecular formula is C15H10BrNO6. The maximum Gasteiger partial charge on any atom is 0.352 e. The van der Waals surface area contributed by atoms with Gasteiger partial charge in [-0.05, 0) is 51.8 Å². The predicted octanol–water partition coefficient (Wildman–Crippen LogP) is 2.63. The van der Waals surface area contributed by atoms with Gasteiger partial charge in [0.25, 0.3) is 5.91 Å². The number of rotatable bonds is 4. The number of fused-ring (bicyclic) bond motifs is 1. The number of hydrogen-bond donors (Lipinski definition) is 2. The summed E-state index contributed by atoms with van der Waals surface area (Å²) in [7, 11) is 0. The second-order valence-corrected chi connectivity index (χ2v) is 5.32. The van der Waals surface area contributed by atoms with Crippen molar-refractivity contribution in [2.24, 2.45) is 0 Å². The lowest BCUT2D eigenvalue weighted by Crippen LogP contribution is -2.26. The molecule has 1 aromatic carbocycles. The fourth-order valence-corrected chi connectivity index (χ4v) is 2.25. The van der Waals surface area contributed by atoms with Crippen molar-refractivity contribution in [2.45, 2.75) is 0 Å². The van der Waals surface area contributed by atoms with E-state index in [1.165, 1.54) is 18.2 Å². The molecule has 0 unspecified atom stereocenters. The number of furan rings is 1. The largest absolute Gasteiger partial charge is 0.477 e. The Balaban J connectivity index is 1.83. The van der Waals surface area contributed by atoms with Crippen molar-refractivity contribution in [3.63, 3.8) is 0 Å². The number of benzene rings is 1. The maximum absolute atomic E-state index is 12.0. The summed E-state index contributed by atoms with van der Waals surface area (Å²) in [6.45, 7) is 0.123. The van der Waals surface area contributed by atoms with Crippen molar-refractivity contribution < 1.29 is 28.6 Å². The number of carboxylic acid groups (broad SMARTS) is 1. The van der Waals surface area contributed by atoms with E-state index in [0.717, 1.165) is 0 Å². The third kappa shape index (κ3) is 3.37. The summed E-state index contributed by atoms with van der Waals surface area (Å²) in [5.74, 6) is -0.838. The lowest BCUT2D eigenvalue weighted by molar-refractivity contribution is -0.132. The minimum Gasteiger partial charge on any atom is -0.477 e. The van der Waals surface area contributed by atoms with Gasteiger partial charge in [0.1, 0.15) is 5.70 Å². The molecule has 1 amide bonds. The molecule has 0 radical (unpaired) electrons. The summed E-state index contributed by atoms with van der Waals surface area (Å²) in [4.78, 5) is 23.3. The van der Waals surface area contributed by atoms with Gasteiger partial charge in [-0.15, -0.1) is 0 Å². The Hall–Kier alpha value is -2.74. The molecule has 23 heavy (non-hydrogen) atoms. The third-order valence-electron chi connectivity index (χ3n) is 2.98. The van der Waals surface area contributed by atoms with Crippen LogP contribution in [0, 0.1) is 0 Å². The van der Waals surface area contributed by atoms with Crippen LogP contribution in [0.2, 0.25) is 0 Å². The number of aliphatic carboxylic acids is 1. The Kier molecular flexibility index (Phi) is 4.07. The van der Waals surface area contributed by atoms with Crippen LogP contribution in [0.15, 0.2) is 45.1 Å². The second kappa shape index (κ2) is 6.17. The fraction of sp³-hybridized carbons (Fsp3) is 0.0667. The van der Waals surface area contributed by atoms with Gasteiger partial charge < -0.3 is 24.3 Å². The van der Waals surface area contributed by atoms with E-state index < -0.39 is 11.9 Å². The average molecular weight is 380 g/mol. The molecule has 118 valence electrons. The van der Waals surface area contributed by atoms with Crippen molar-refractivity contribution in [3.8, 4) is 11.5 Å². The van der Waals surface area contributed by atoms with E-state index in [4.69, 9.17) is 13.9 Å². The second-order valence-electron chi connectivity index (χ2n) is 4.53. The van der Waals surface area contributed by atoms with Crippen LogP contribution in [-0.4, -0.2) is 23.8 Å². The first-order valence-electron chi connectivity index (χ1n) is 6.44. The summed E-state index contributed by atoms with van der Waals surface area (Å²) in [6.07, 6.45) is 1.32. The molecular weight excluding hydrogens is 370 g/mol. The summed E-state index contributed by atoms with van der Waals surface area (Å²) in [5, 5.41) is 11.5. The third-order valence-corrected chi connectivity index (χ3v) is 3.41. The fourth-order valence-electron chi connectivity index (χ4n) is 1.94. The van der Waals surface area contributed by atoms with Crippen LogP contribution in [0.25, 0.3) is 6.08 Å². The van der Waals surface area contributed by atoms with Crippen LogP contribution in [-0.2, 0) is 4.79 Å². The van der Waals surface area contributed by atoms with Crippen LogP contribution in [0.4, 0.5) is 0 Å². The van der Waals surface area contributed by atoms with E-state index in [-0.39, 0.29) is 18.3 Å². The van der Waals surface area contributed by atoms with Gasteiger partial charge in [-0.1, -0.05) is 6.07 Å². The molecule has 7 nitrogen and oxygen atoms in total. The van der Waals surface area contributed by atoms with Crippen molar-refractivity contribution in [2.75, 3.05) is 6.79 Å². The lowest BCUT2D eigenvalue weighted by atomic mass is 10.1. The van der Waals surface area contributed by atoms with Gasteiger partial charge in [-0.2, -0.15) is 0 Å². The molecule has 0 saturated carbocycles. The first kappa shape index (κ1) is 15.2. The van der Waals surface area contributed by atoms with Crippen LogP contribution in [0.1, 0.15) is 16.1 Å². The SMILES string of the molecule is O=C(O)/C(=C\c1ccc2c(c1)OCO2)NC(=O)c1ccc(Br)o1. The molecule has 0 aliphatic carbocycles. The number of ether oxygens (including phenoxy) is 2. The normalized spacial score (nSPS) is 13.0. The van der Waals surface area contributed by atoms with Crippen LogP contribution >= 0.6 is 15.9 Å². The minimum absolute atomic E-state index is 0.00490. The number of carbonyl (C=O) groups is 2. The van der Waals surface area contributed by atoms with Crippen molar-refractivity contribution >= 4 is 33.9 Å². The average Bonchev–Trinajstić information content (AvgIpc) is 3.14. The monoisotopic (exact) mass is 379 g/mol. The lowest BCUT2D eigenvalue weighted by Gasteiger charge is -2.05. The Bertz CT molecular complexity index is 810. The number of amides is 1. The van der Waals surface area contributed by atoms with E-state index in [9.17, 15) is 14.7 Å². The van der Waals surface area contributed by atoms with E-state index in [2.05, 4.69) is 21.2 Å². The zero-order valence-electron chi connectivity index (χ0n) is 11.5. The Morgan fingerprint density at radius 3 is 2.65 bits per heavy atom. The van der Waals surface area contributed by atoms with Crippen LogP contribution in [0.5, 0.6) is 11.5 Å². The van der Waals surface area contributed by atoms with Crippen LogP contribution in [0.3, 0.4) is 0 Å². The zero-order valence-corrected chi connectivity index (χ0v) is 13.1. The highest BCUT2D eigenvalue weighted by molar-refractivity contribution is 9.10. The summed E-state index contributed by atoms with van der Waals surface area (Å²) in [6, 6.07) is 7.92. The highest BCUT2D eigenvalue weighted by Gasteiger charge is 2.17.